The van der Waals surface area contributed by atoms with Gasteiger partial charge in [-0.3, -0.25) is 9.59 Å². The highest BCUT2D eigenvalue weighted by Gasteiger charge is 2.37. The summed E-state index contributed by atoms with van der Waals surface area (Å²) in [5, 5.41) is 4.32. The number of aromatic nitrogens is 2. The number of aromatic amines is 1. The number of rotatable bonds is 4. The van der Waals surface area contributed by atoms with E-state index in [2.05, 4.69) is 24.1 Å². The van der Waals surface area contributed by atoms with E-state index in [9.17, 15) is 9.59 Å². The Bertz CT molecular complexity index is 1010. The van der Waals surface area contributed by atoms with Gasteiger partial charge in [-0.2, -0.15) is 0 Å². The predicted octanol–water partition coefficient (Wildman–Crippen LogP) is 4.53. The number of nitrogens with one attached hydrogen (secondary N) is 2. The Labute approximate surface area is 169 Å². The van der Waals surface area contributed by atoms with E-state index in [4.69, 9.17) is 4.98 Å². The lowest BCUT2D eigenvalue weighted by atomic mass is 9.76. The number of Topliss-reactive ketones (excluding diaryl/α,β-unsaturated/α-hetero) is 1. The Morgan fingerprint density at radius 3 is 2.68 bits per heavy atom. The van der Waals surface area contributed by atoms with Crippen LogP contribution in [0.3, 0.4) is 0 Å². The molecular weight excluding hydrogens is 370 g/mol. The lowest BCUT2D eigenvalue weighted by Crippen LogP contribution is -2.32. The van der Waals surface area contributed by atoms with Crippen LogP contribution in [-0.4, -0.2) is 21.0 Å². The second kappa shape index (κ2) is 7.59. The first-order chi connectivity index (χ1) is 13.5. The molecule has 1 aromatic carbocycles. The number of ketones is 1. The molecule has 2 aromatic rings. The van der Waals surface area contributed by atoms with Crippen molar-refractivity contribution in [1.82, 2.24) is 9.97 Å². The molecule has 0 amide bonds. The van der Waals surface area contributed by atoms with Gasteiger partial charge in [-0.25, -0.2) is 4.98 Å². The lowest BCUT2D eigenvalue weighted by molar-refractivity contribution is -0.116. The van der Waals surface area contributed by atoms with E-state index in [1.54, 1.807) is 11.8 Å². The summed E-state index contributed by atoms with van der Waals surface area (Å²) in [5.41, 5.74) is 4.15. The Balaban J connectivity index is 1.88. The highest BCUT2D eigenvalue weighted by Crippen LogP contribution is 2.43. The average molecular weight is 396 g/mol. The normalized spacial score (nSPS) is 19.7. The summed E-state index contributed by atoms with van der Waals surface area (Å²) in [4.78, 5) is 33.6. The van der Waals surface area contributed by atoms with Crippen molar-refractivity contribution in [3.63, 3.8) is 0 Å². The average Bonchev–Trinajstić information content (AvgIpc) is 2.67. The second-order valence-corrected chi connectivity index (χ2v) is 9.03. The Kier molecular flexibility index (Phi) is 5.15. The molecule has 2 heterocycles. The molecule has 0 radical (unpaired) electrons. The van der Waals surface area contributed by atoms with Crippen LogP contribution in [0.25, 0.3) is 0 Å². The van der Waals surface area contributed by atoms with Crippen LogP contribution in [0.4, 0.5) is 5.82 Å². The zero-order valence-electron chi connectivity index (χ0n) is 16.5. The molecule has 1 aliphatic carbocycles. The van der Waals surface area contributed by atoms with E-state index in [1.165, 1.54) is 0 Å². The Hall–Kier alpha value is -2.34. The standard InChI is InChI=1S/C22H25N3O2S/c1-4-13(3)28-22-24-20-19(21(27)25-22)17(14-10-8-12(2)9-11-14)18-15(23-20)6-5-7-16(18)26/h8-11,13,17H,4-7H2,1-3H3,(H2,23,24,25,27). The third-order valence-electron chi connectivity index (χ3n) is 5.53. The van der Waals surface area contributed by atoms with Crippen molar-refractivity contribution < 1.29 is 4.79 Å². The SMILES string of the molecule is CCC(C)Sc1nc2c(c(=O)[nH]1)C(c1ccc(C)cc1)C1=C(CCCC1=O)N2. The fourth-order valence-corrected chi connectivity index (χ4v) is 4.71. The van der Waals surface area contributed by atoms with Gasteiger partial charge >= 0.3 is 0 Å². The molecule has 0 saturated heterocycles. The van der Waals surface area contributed by atoms with Crippen molar-refractivity contribution >= 4 is 23.4 Å². The quantitative estimate of drug-likeness (QED) is 0.587. The monoisotopic (exact) mass is 395 g/mol. The highest BCUT2D eigenvalue weighted by molar-refractivity contribution is 7.99. The van der Waals surface area contributed by atoms with Gasteiger partial charge in [-0.05, 0) is 31.7 Å². The minimum atomic E-state index is -0.362. The third-order valence-corrected chi connectivity index (χ3v) is 6.69. The number of hydrogen-bond acceptors (Lipinski definition) is 5. The molecule has 146 valence electrons. The van der Waals surface area contributed by atoms with Gasteiger partial charge in [0.2, 0.25) is 0 Å². The maximum absolute atomic E-state index is 13.1. The molecule has 28 heavy (non-hydrogen) atoms. The Morgan fingerprint density at radius 2 is 1.96 bits per heavy atom. The first kappa shape index (κ1) is 19.0. The molecule has 0 bridgehead atoms. The van der Waals surface area contributed by atoms with E-state index in [0.29, 0.717) is 28.2 Å². The fraction of sp³-hybridized carbons (Fsp3) is 0.409. The van der Waals surface area contributed by atoms with Crippen LogP contribution in [-0.2, 0) is 4.79 Å². The summed E-state index contributed by atoms with van der Waals surface area (Å²) < 4.78 is 0. The van der Waals surface area contributed by atoms with Crippen LogP contribution in [0.15, 0.2) is 45.5 Å². The second-order valence-electron chi connectivity index (χ2n) is 7.61. The number of H-pyrrole nitrogens is 1. The molecule has 5 nitrogen and oxygen atoms in total. The molecule has 1 aliphatic heterocycles. The van der Waals surface area contributed by atoms with E-state index in [1.807, 2.05) is 31.2 Å². The van der Waals surface area contributed by atoms with Gasteiger partial charge in [0.25, 0.3) is 5.56 Å². The van der Waals surface area contributed by atoms with Gasteiger partial charge in [0.1, 0.15) is 5.82 Å². The molecule has 2 aliphatic rings. The fourth-order valence-electron chi connectivity index (χ4n) is 3.86. The van der Waals surface area contributed by atoms with E-state index in [-0.39, 0.29) is 17.3 Å². The number of fused-ring (bicyclic) bond motifs is 1. The van der Waals surface area contributed by atoms with Crippen molar-refractivity contribution in [2.45, 2.75) is 62.8 Å². The molecule has 2 atom stereocenters. The van der Waals surface area contributed by atoms with Gasteiger partial charge in [0, 0.05) is 28.9 Å². The molecule has 6 heteroatoms. The Morgan fingerprint density at radius 1 is 1.21 bits per heavy atom. The van der Waals surface area contributed by atoms with Gasteiger partial charge in [-0.15, -0.1) is 0 Å². The van der Waals surface area contributed by atoms with Crippen molar-refractivity contribution in [1.29, 1.82) is 0 Å². The topological polar surface area (TPSA) is 74.8 Å². The molecular formula is C22H25N3O2S. The van der Waals surface area contributed by atoms with E-state index < -0.39 is 0 Å². The van der Waals surface area contributed by atoms with Crippen LogP contribution in [0.2, 0.25) is 0 Å². The minimum Gasteiger partial charge on any atom is -0.343 e. The number of allylic oxidation sites excluding steroid dienone is 2. The van der Waals surface area contributed by atoms with Gasteiger partial charge in [0.15, 0.2) is 10.9 Å². The van der Waals surface area contributed by atoms with Gasteiger partial charge in [-0.1, -0.05) is 55.4 Å². The lowest BCUT2D eigenvalue weighted by Gasteiger charge is -2.32. The predicted molar refractivity (Wildman–Crippen MR) is 113 cm³/mol. The van der Waals surface area contributed by atoms with Gasteiger partial charge < -0.3 is 10.3 Å². The van der Waals surface area contributed by atoms with Crippen molar-refractivity contribution in [3.8, 4) is 0 Å². The number of carbonyl (C=O) groups excluding carboxylic acids is 1. The smallest absolute Gasteiger partial charge is 0.257 e. The number of carbonyl (C=O) groups is 1. The number of thioether (sulfide) groups is 1. The summed E-state index contributed by atoms with van der Waals surface area (Å²) in [7, 11) is 0. The maximum atomic E-state index is 13.1. The van der Waals surface area contributed by atoms with Gasteiger partial charge in [0.05, 0.1) is 5.56 Å². The molecule has 2 N–H and O–H groups in total. The molecule has 0 spiro atoms. The minimum absolute atomic E-state index is 0.127. The third kappa shape index (κ3) is 3.41. The van der Waals surface area contributed by atoms with Crippen molar-refractivity contribution in [3.05, 3.63) is 62.6 Å². The molecule has 4 rings (SSSR count). The molecule has 0 saturated carbocycles. The summed E-state index contributed by atoms with van der Waals surface area (Å²) in [6, 6.07) is 8.09. The van der Waals surface area contributed by atoms with Crippen LogP contribution < -0.4 is 10.9 Å². The van der Waals surface area contributed by atoms with Crippen LogP contribution in [0, 0.1) is 6.92 Å². The van der Waals surface area contributed by atoms with Crippen LogP contribution >= 0.6 is 11.8 Å². The number of benzene rings is 1. The van der Waals surface area contributed by atoms with E-state index >= 15 is 0 Å². The number of hydrogen-bond donors (Lipinski definition) is 2. The van der Waals surface area contributed by atoms with Crippen molar-refractivity contribution in [2.75, 3.05) is 5.32 Å². The summed E-state index contributed by atoms with van der Waals surface area (Å²) in [6.45, 7) is 6.26. The molecule has 2 unspecified atom stereocenters. The first-order valence-electron chi connectivity index (χ1n) is 9.88. The molecule has 0 fully saturated rings. The van der Waals surface area contributed by atoms with Crippen LogP contribution in [0.1, 0.15) is 62.1 Å². The summed E-state index contributed by atoms with van der Waals surface area (Å²) in [6.07, 6.45) is 3.17. The van der Waals surface area contributed by atoms with E-state index in [0.717, 1.165) is 41.7 Å². The largest absolute Gasteiger partial charge is 0.343 e. The number of anilines is 1. The van der Waals surface area contributed by atoms with Crippen molar-refractivity contribution in [2.24, 2.45) is 0 Å². The first-order valence-corrected chi connectivity index (χ1v) is 10.8. The summed E-state index contributed by atoms with van der Waals surface area (Å²) >= 11 is 1.57. The zero-order valence-corrected chi connectivity index (χ0v) is 17.3. The highest BCUT2D eigenvalue weighted by atomic mass is 32.2. The summed E-state index contributed by atoms with van der Waals surface area (Å²) in [5.74, 6) is 0.356. The molecule has 1 aromatic heterocycles. The van der Waals surface area contributed by atoms with Crippen LogP contribution in [0.5, 0.6) is 0 Å². The number of nitrogens with zero attached hydrogens (tertiary/aromatic N) is 1. The maximum Gasteiger partial charge on any atom is 0.257 e. The number of aryl methyl sites for hydroxylation is 1. The zero-order chi connectivity index (χ0) is 19.8.